The van der Waals surface area contributed by atoms with E-state index in [1.165, 1.54) is 0 Å². The third-order valence-electron chi connectivity index (χ3n) is 4.08. The summed E-state index contributed by atoms with van der Waals surface area (Å²) in [7, 11) is 1.66. The van der Waals surface area contributed by atoms with Crippen LogP contribution in [0.5, 0.6) is 11.5 Å². The number of morpholine rings is 1. The zero-order valence-electron chi connectivity index (χ0n) is 14.0. The summed E-state index contributed by atoms with van der Waals surface area (Å²) in [6.07, 6.45) is 0.0550. The standard InChI is InChI=1S/C19H22ClNO3/c1-13-6-7-17(24-12-16-11-21-8-9-23-16)19(22-2)18(13)14-4-3-5-15(20)10-14/h3-7,10,16,21H,8-9,11-12H2,1-2H3/t16-/m0/s1. The number of nitrogens with one attached hydrogen (secondary N) is 1. The van der Waals surface area contributed by atoms with Gasteiger partial charge in [0.1, 0.15) is 12.7 Å². The number of halogens is 1. The number of hydrogen-bond acceptors (Lipinski definition) is 4. The summed E-state index contributed by atoms with van der Waals surface area (Å²) in [6, 6.07) is 11.7. The first-order valence-corrected chi connectivity index (χ1v) is 8.45. The van der Waals surface area contributed by atoms with E-state index in [2.05, 4.69) is 12.2 Å². The van der Waals surface area contributed by atoms with Crippen molar-refractivity contribution in [2.24, 2.45) is 0 Å². The minimum absolute atomic E-state index is 0.0550. The Bertz CT molecular complexity index is 699. The molecular weight excluding hydrogens is 326 g/mol. The number of methoxy groups -OCH3 is 1. The first-order chi connectivity index (χ1) is 11.7. The van der Waals surface area contributed by atoms with Gasteiger partial charge in [-0.3, -0.25) is 0 Å². The molecule has 0 aromatic heterocycles. The highest BCUT2D eigenvalue weighted by atomic mass is 35.5. The second-order valence-electron chi connectivity index (χ2n) is 5.81. The molecule has 3 rings (SSSR count). The summed E-state index contributed by atoms with van der Waals surface area (Å²) in [5, 5.41) is 4.00. The van der Waals surface area contributed by atoms with E-state index in [9.17, 15) is 0 Å². The molecule has 128 valence electrons. The lowest BCUT2D eigenvalue weighted by Crippen LogP contribution is -2.41. The summed E-state index contributed by atoms with van der Waals surface area (Å²) in [5.74, 6) is 1.44. The van der Waals surface area contributed by atoms with Crippen LogP contribution in [0.25, 0.3) is 11.1 Å². The Balaban J connectivity index is 1.88. The Hall–Kier alpha value is -1.75. The van der Waals surface area contributed by atoms with Crippen LogP contribution in [-0.4, -0.2) is 39.5 Å². The van der Waals surface area contributed by atoms with Crippen molar-refractivity contribution in [3.63, 3.8) is 0 Å². The van der Waals surface area contributed by atoms with E-state index in [0.29, 0.717) is 24.0 Å². The van der Waals surface area contributed by atoms with Crippen LogP contribution < -0.4 is 14.8 Å². The van der Waals surface area contributed by atoms with Crippen molar-refractivity contribution in [1.29, 1.82) is 0 Å². The van der Waals surface area contributed by atoms with Gasteiger partial charge in [-0.05, 0) is 36.2 Å². The average molecular weight is 348 g/mol. The summed E-state index contributed by atoms with van der Waals surface area (Å²) < 4.78 is 17.3. The number of aryl methyl sites for hydroxylation is 1. The lowest BCUT2D eigenvalue weighted by molar-refractivity contribution is -0.000250. The number of rotatable bonds is 5. The second-order valence-corrected chi connectivity index (χ2v) is 6.24. The van der Waals surface area contributed by atoms with E-state index in [-0.39, 0.29) is 6.10 Å². The van der Waals surface area contributed by atoms with Crippen LogP contribution in [0, 0.1) is 6.92 Å². The third-order valence-corrected chi connectivity index (χ3v) is 4.31. The average Bonchev–Trinajstić information content (AvgIpc) is 2.61. The normalized spacial score (nSPS) is 17.5. The zero-order chi connectivity index (χ0) is 16.9. The highest BCUT2D eigenvalue weighted by Crippen LogP contribution is 2.41. The van der Waals surface area contributed by atoms with Crippen molar-refractivity contribution < 1.29 is 14.2 Å². The van der Waals surface area contributed by atoms with E-state index in [0.717, 1.165) is 35.5 Å². The van der Waals surface area contributed by atoms with E-state index in [1.54, 1.807) is 7.11 Å². The van der Waals surface area contributed by atoms with Gasteiger partial charge in [-0.2, -0.15) is 0 Å². The Kier molecular flexibility index (Phi) is 5.61. The molecule has 0 radical (unpaired) electrons. The van der Waals surface area contributed by atoms with Crippen LogP contribution in [0.3, 0.4) is 0 Å². The van der Waals surface area contributed by atoms with Gasteiger partial charge in [-0.15, -0.1) is 0 Å². The third kappa shape index (κ3) is 3.83. The Labute approximate surface area is 147 Å². The summed E-state index contributed by atoms with van der Waals surface area (Å²) in [6.45, 7) is 4.95. The molecule has 1 heterocycles. The largest absolute Gasteiger partial charge is 0.492 e. The topological polar surface area (TPSA) is 39.7 Å². The molecule has 0 unspecified atom stereocenters. The van der Waals surface area contributed by atoms with Crippen LogP contribution >= 0.6 is 11.6 Å². The smallest absolute Gasteiger partial charge is 0.168 e. The Morgan fingerprint density at radius 1 is 1.29 bits per heavy atom. The fraction of sp³-hybridized carbons (Fsp3) is 0.368. The Morgan fingerprint density at radius 3 is 2.88 bits per heavy atom. The molecule has 2 aromatic carbocycles. The minimum Gasteiger partial charge on any atom is -0.492 e. The molecule has 2 aromatic rings. The zero-order valence-corrected chi connectivity index (χ0v) is 14.7. The molecule has 0 amide bonds. The van der Waals surface area contributed by atoms with Crippen molar-refractivity contribution in [3.8, 4) is 22.6 Å². The molecule has 1 atom stereocenters. The fourth-order valence-electron chi connectivity index (χ4n) is 2.89. The van der Waals surface area contributed by atoms with E-state index >= 15 is 0 Å². The molecule has 1 aliphatic heterocycles. The predicted octanol–water partition coefficient (Wildman–Crippen LogP) is 3.69. The first-order valence-electron chi connectivity index (χ1n) is 8.07. The molecule has 1 N–H and O–H groups in total. The maximum Gasteiger partial charge on any atom is 0.168 e. The Morgan fingerprint density at radius 2 is 2.17 bits per heavy atom. The number of benzene rings is 2. The van der Waals surface area contributed by atoms with Crippen LogP contribution in [0.1, 0.15) is 5.56 Å². The van der Waals surface area contributed by atoms with Crippen molar-refractivity contribution in [1.82, 2.24) is 5.32 Å². The van der Waals surface area contributed by atoms with Crippen molar-refractivity contribution in [3.05, 3.63) is 47.0 Å². The molecule has 24 heavy (non-hydrogen) atoms. The van der Waals surface area contributed by atoms with E-state index in [1.807, 2.05) is 36.4 Å². The van der Waals surface area contributed by atoms with Crippen LogP contribution in [0.15, 0.2) is 36.4 Å². The molecular formula is C19H22ClNO3. The number of hydrogen-bond donors (Lipinski definition) is 1. The van der Waals surface area contributed by atoms with E-state index < -0.39 is 0 Å². The summed E-state index contributed by atoms with van der Waals surface area (Å²) in [4.78, 5) is 0. The van der Waals surface area contributed by atoms with Crippen molar-refractivity contribution in [2.45, 2.75) is 13.0 Å². The lowest BCUT2D eigenvalue weighted by atomic mass is 9.99. The molecule has 0 saturated carbocycles. The molecule has 0 spiro atoms. The molecule has 0 aliphatic carbocycles. The van der Waals surface area contributed by atoms with E-state index in [4.69, 9.17) is 25.8 Å². The van der Waals surface area contributed by atoms with Crippen LogP contribution in [0.2, 0.25) is 5.02 Å². The van der Waals surface area contributed by atoms with Gasteiger partial charge < -0.3 is 19.5 Å². The van der Waals surface area contributed by atoms with Crippen LogP contribution in [-0.2, 0) is 4.74 Å². The highest BCUT2D eigenvalue weighted by molar-refractivity contribution is 6.30. The maximum atomic E-state index is 6.15. The predicted molar refractivity (Wildman–Crippen MR) is 96.3 cm³/mol. The van der Waals surface area contributed by atoms with Gasteiger partial charge in [0, 0.05) is 23.7 Å². The second kappa shape index (κ2) is 7.88. The van der Waals surface area contributed by atoms with Gasteiger partial charge in [0.25, 0.3) is 0 Å². The van der Waals surface area contributed by atoms with Crippen molar-refractivity contribution >= 4 is 11.6 Å². The fourth-order valence-corrected chi connectivity index (χ4v) is 3.08. The van der Waals surface area contributed by atoms with Crippen molar-refractivity contribution in [2.75, 3.05) is 33.4 Å². The first kappa shape index (κ1) is 17.1. The minimum atomic E-state index is 0.0550. The van der Waals surface area contributed by atoms with Gasteiger partial charge in [0.05, 0.1) is 13.7 Å². The van der Waals surface area contributed by atoms with Gasteiger partial charge in [-0.25, -0.2) is 0 Å². The summed E-state index contributed by atoms with van der Waals surface area (Å²) in [5.41, 5.74) is 3.12. The van der Waals surface area contributed by atoms with Crippen LogP contribution in [0.4, 0.5) is 0 Å². The molecule has 1 fully saturated rings. The van der Waals surface area contributed by atoms with Gasteiger partial charge >= 0.3 is 0 Å². The molecule has 0 bridgehead atoms. The lowest BCUT2D eigenvalue weighted by Gasteiger charge is -2.24. The number of ether oxygens (including phenoxy) is 3. The monoisotopic (exact) mass is 347 g/mol. The highest BCUT2D eigenvalue weighted by Gasteiger charge is 2.18. The van der Waals surface area contributed by atoms with Gasteiger partial charge in [-0.1, -0.05) is 29.8 Å². The molecule has 1 saturated heterocycles. The molecule has 1 aliphatic rings. The molecule has 4 nitrogen and oxygen atoms in total. The summed E-state index contributed by atoms with van der Waals surface area (Å²) >= 11 is 6.15. The van der Waals surface area contributed by atoms with Gasteiger partial charge in [0.15, 0.2) is 11.5 Å². The van der Waals surface area contributed by atoms with Gasteiger partial charge in [0.2, 0.25) is 0 Å². The quantitative estimate of drug-likeness (QED) is 0.895. The molecule has 5 heteroatoms. The maximum absolute atomic E-state index is 6.15. The SMILES string of the molecule is COc1c(OC[C@@H]2CNCCO2)ccc(C)c1-c1cccc(Cl)c1.